The first-order chi connectivity index (χ1) is 20.8. The molecule has 44 heavy (non-hydrogen) atoms. The molecule has 1 aliphatic rings. The van der Waals surface area contributed by atoms with Gasteiger partial charge in [-0.25, -0.2) is 18.1 Å². The number of rotatable bonds is 9. The van der Waals surface area contributed by atoms with Crippen molar-refractivity contribution in [2.75, 3.05) is 23.7 Å². The van der Waals surface area contributed by atoms with Gasteiger partial charge in [-0.3, -0.25) is 0 Å². The van der Waals surface area contributed by atoms with Crippen LogP contribution in [-0.2, 0) is 22.4 Å². The molecule has 0 spiro atoms. The fourth-order valence-electron chi connectivity index (χ4n) is 5.18. The molecule has 0 radical (unpaired) electrons. The molecule has 0 saturated heterocycles. The highest BCUT2D eigenvalue weighted by molar-refractivity contribution is 7.89. The Bertz CT molecular complexity index is 1670. The van der Waals surface area contributed by atoms with Gasteiger partial charge in [0.25, 0.3) is 0 Å². The Labute approximate surface area is 250 Å². The predicted molar refractivity (Wildman–Crippen MR) is 155 cm³/mol. The Morgan fingerprint density at radius 2 is 1.30 bits per heavy atom. The average molecular weight is 638 g/mol. The first-order valence-corrected chi connectivity index (χ1v) is 15.4. The third-order valence-electron chi connectivity index (χ3n) is 7.59. The van der Waals surface area contributed by atoms with Gasteiger partial charge >= 0.3 is 12.4 Å². The number of fused-ring (bicyclic) bond motifs is 1. The monoisotopic (exact) mass is 637 g/mol. The fourth-order valence-corrected chi connectivity index (χ4v) is 6.36. The van der Waals surface area contributed by atoms with Gasteiger partial charge in [0.2, 0.25) is 16.0 Å². The number of halogens is 6. The van der Waals surface area contributed by atoms with Crippen LogP contribution in [0.25, 0.3) is 10.9 Å². The predicted octanol–water partition coefficient (Wildman–Crippen LogP) is 7.61. The maximum Gasteiger partial charge on any atom is 0.416 e. The van der Waals surface area contributed by atoms with Crippen molar-refractivity contribution in [3.8, 4) is 0 Å². The van der Waals surface area contributed by atoms with Crippen molar-refractivity contribution in [2.45, 2.75) is 42.9 Å². The van der Waals surface area contributed by atoms with E-state index in [2.05, 4.69) is 25.3 Å². The zero-order chi connectivity index (χ0) is 31.5. The smallest absolute Gasteiger partial charge is 0.354 e. The molecule has 0 unspecified atom stereocenters. The molecule has 1 saturated carbocycles. The van der Waals surface area contributed by atoms with Crippen LogP contribution in [0.5, 0.6) is 0 Å². The minimum atomic E-state index is -5.14. The SMILES string of the molecule is O=S(=O)(NCC1CCC(CNc2nc(Nc3ccccc3)c3ccccc3n2)CC1)c1cc(C(F)(F)F)cc(C(F)(F)F)c1. The van der Waals surface area contributed by atoms with Crippen LogP contribution in [0.1, 0.15) is 36.8 Å². The number of sulfonamides is 1. The van der Waals surface area contributed by atoms with Gasteiger partial charge < -0.3 is 10.6 Å². The molecule has 3 N–H and O–H groups in total. The molecule has 1 aromatic heterocycles. The summed E-state index contributed by atoms with van der Waals surface area (Å²) in [7, 11) is -4.61. The normalized spacial score (nSPS) is 17.9. The molecule has 0 atom stereocenters. The van der Waals surface area contributed by atoms with Crippen LogP contribution in [0.15, 0.2) is 77.7 Å². The minimum Gasteiger partial charge on any atom is -0.354 e. The molecule has 5 rings (SSSR count). The lowest BCUT2D eigenvalue weighted by Gasteiger charge is -2.28. The molecule has 0 aliphatic heterocycles. The Kier molecular flexibility index (Phi) is 9.02. The zero-order valence-corrected chi connectivity index (χ0v) is 24.0. The maximum atomic E-state index is 13.2. The van der Waals surface area contributed by atoms with Crippen LogP contribution in [0, 0.1) is 11.8 Å². The van der Waals surface area contributed by atoms with Crippen LogP contribution < -0.4 is 15.4 Å². The van der Waals surface area contributed by atoms with Gasteiger partial charge in [0.15, 0.2) is 0 Å². The van der Waals surface area contributed by atoms with E-state index in [-0.39, 0.29) is 36.6 Å². The number of para-hydroxylation sites is 2. The summed E-state index contributed by atoms with van der Waals surface area (Å²) in [5, 5.41) is 7.50. The number of nitrogens with one attached hydrogen (secondary N) is 3. The third-order valence-corrected chi connectivity index (χ3v) is 8.99. The molecular weight excluding hydrogens is 608 g/mol. The molecule has 3 aromatic carbocycles. The molecule has 1 fully saturated rings. The lowest BCUT2D eigenvalue weighted by molar-refractivity contribution is -0.143. The molecule has 1 aliphatic carbocycles. The minimum absolute atomic E-state index is 0.0949. The van der Waals surface area contributed by atoms with E-state index in [1.165, 1.54) is 0 Å². The first-order valence-electron chi connectivity index (χ1n) is 13.9. The lowest BCUT2D eigenvalue weighted by Crippen LogP contribution is -2.32. The van der Waals surface area contributed by atoms with Gasteiger partial charge in [-0.1, -0.05) is 30.3 Å². The molecule has 234 valence electrons. The highest BCUT2D eigenvalue weighted by atomic mass is 32.2. The van der Waals surface area contributed by atoms with E-state index >= 15 is 0 Å². The van der Waals surface area contributed by atoms with Crippen LogP contribution in [-0.4, -0.2) is 31.5 Å². The Hall–Kier alpha value is -3.91. The number of alkyl halides is 6. The Balaban J connectivity index is 1.18. The molecule has 0 bridgehead atoms. The number of hydrogen-bond acceptors (Lipinski definition) is 6. The first kappa shape index (κ1) is 31.5. The van der Waals surface area contributed by atoms with E-state index in [9.17, 15) is 34.8 Å². The second-order valence-electron chi connectivity index (χ2n) is 10.8. The molecule has 4 aromatic rings. The summed E-state index contributed by atoms with van der Waals surface area (Å²) in [5.74, 6) is 1.23. The second kappa shape index (κ2) is 12.6. The van der Waals surface area contributed by atoms with Crippen molar-refractivity contribution in [2.24, 2.45) is 11.8 Å². The van der Waals surface area contributed by atoms with Gasteiger partial charge in [-0.2, -0.15) is 31.3 Å². The van der Waals surface area contributed by atoms with E-state index in [1.807, 2.05) is 54.6 Å². The van der Waals surface area contributed by atoms with E-state index < -0.39 is 38.4 Å². The summed E-state index contributed by atoms with van der Waals surface area (Å²) in [5.41, 5.74) is -1.72. The lowest BCUT2D eigenvalue weighted by atomic mass is 9.82. The summed E-state index contributed by atoms with van der Waals surface area (Å²) in [4.78, 5) is 8.22. The standard InChI is InChI=1S/C30H29F6N5O2S/c31-29(32,33)21-14-22(30(34,35)36)16-24(15-21)44(42,43)38-18-20-12-10-19(11-13-20)17-37-28-40-26-9-5-4-8-25(26)27(41-28)39-23-6-2-1-3-7-23/h1-9,14-16,19-20,38H,10-13,17-18H2,(H2,37,39,40,41). The summed E-state index contributed by atoms with van der Waals surface area (Å²) in [6.45, 7) is 0.481. The topological polar surface area (TPSA) is 96.0 Å². The summed E-state index contributed by atoms with van der Waals surface area (Å²) >= 11 is 0. The van der Waals surface area contributed by atoms with Crippen molar-refractivity contribution in [1.29, 1.82) is 0 Å². The van der Waals surface area contributed by atoms with Crippen LogP contribution >= 0.6 is 0 Å². The van der Waals surface area contributed by atoms with Crippen molar-refractivity contribution >= 4 is 38.4 Å². The van der Waals surface area contributed by atoms with E-state index in [1.54, 1.807) is 0 Å². The van der Waals surface area contributed by atoms with Crippen molar-refractivity contribution in [3.63, 3.8) is 0 Å². The Morgan fingerprint density at radius 3 is 1.91 bits per heavy atom. The van der Waals surface area contributed by atoms with Gasteiger partial charge in [-0.05, 0) is 80.0 Å². The molecule has 7 nitrogen and oxygen atoms in total. The van der Waals surface area contributed by atoms with Crippen molar-refractivity contribution < 1.29 is 34.8 Å². The molecule has 0 amide bonds. The van der Waals surface area contributed by atoms with Gasteiger partial charge in [0.1, 0.15) is 5.82 Å². The number of anilines is 3. The third kappa shape index (κ3) is 7.78. The van der Waals surface area contributed by atoms with Crippen molar-refractivity contribution in [3.05, 3.63) is 83.9 Å². The quantitative estimate of drug-likeness (QED) is 0.164. The molecular formula is C30H29F6N5O2S. The summed E-state index contributed by atoms with van der Waals surface area (Å²) in [6.07, 6.45) is -7.55. The Morgan fingerprint density at radius 1 is 0.727 bits per heavy atom. The second-order valence-corrected chi connectivity index (χ2v) is 12.5. The number of nitrogens with zero attached hydrogens (tertiary/aromatic N) is 2. The van der Waals surface area contributed by atoms with E-state index in [4.69, 9.17) is 0 Å². The van der Waals surface area contributed by atoms with Gasteiger partial charge in [-0.15, -0.1) is 0 Å². The average Bonchev–Trinajstić information content (AvgIpc) is 2.99. The van der Waals surface area contributed by atoms with Crippen LogP contribution in [0.3, 0.4) is 0 Å². The van der Waals surface area contributed by atoms with E-state index in [0.29, 0.717) is 31.2 Å². The maximum absolute atomic E-state index is 13.2. The highest BCUT2D eigenvalue weighted by Crippen LogP contribution is 2.37. The summed E-state index contributed by atoms with van der Waals surface area (Å²) < 4.78 is 107. The number of aromatic nitrogens is 2. The highest BCUT2D eigenvalue weighted by Gasteiger charge is 2.38. The van der Waals surface area contributed by atoms with Crippen LogP contribution in [0.4, 0.5) is 43.8 Å². The fraction of sp³-hybridized carbons (Fsp3) is 0.333. The van der Waals surface area contributed by atoms with Crippen molar-refractivity contribution in [1.82, 2.24) is 14.7 Å². The molecule has 14 heteroatoms. The zero-order valence-electron chi connectivity index (χ0n) is 23.2. The number of hydrogen-bond donors (Lipinski definition) is 3. The van der Waals surface area contributed by atoms with Crippen LogP contribution in [0.2, 0.25) is 0 Å². The summed E-state index contributed by atoms with van der Waals surface area (Å²) in [6, 6.07) is 17.6. The van der Waals surface area contributed by atoms with E-state index in [0.717, 1.165) is 29.4 Å². The van der Waals surface area contributed by atoms with Gasteiger partial charge in [0, 0.05) is 24.2 Å². The largest absolute Gasteiger partial charge is 0.416 e. The number of benzene rings is 3. The molecule has 1 heterocycles. The van der Waals surface area contributed by atoms with Gasteiger partial charge in [0.05, 0.1) is 21.5 Å².